The van der Waals surface area contributed by atoms with E-state index < -0.39 is 0 Å². The maximum absolute atomic E-state index is 12.6. The van der Waals surface area contributed by atoms with Crippen LogP contribution in [0.2, 0.25) is 0 Å². The fraction of sp³-hybridized carbons (Fsp3) is 0.286. The molecule has 1 saturated heterocycles. The summed E-state index contributed by atoms with van der Waals surface area (Å²) in [5.41, 5.74) is 1.80. The highest BCUT2D eigenvalue weighted by molar-refractivity contribution is 5.91. The molecule has 1 aliphatic rings. The first kappa shape index (κ1) is 18.8. The average Bonchev–Trinajstić information content (AvgIpc) is 3.18. The lowest BCUT2D eigenvalue weighted by Gasteiger charge is -2.31. The number of nitrogens with zero attached hydrogens (tertiary/aromatic N) is 6. The van der Waals surface area contributed by atoms with Gasteiger partial charge in [-0.2, -0.15) is 5.10 Å². The third-order valence-electron chi connectivity index (χ3n) is 5.00. The van der Waals surface area contributed by atoms with Gasteiger partial charge in [0.15, 0.2) is 0 Å². The van der Waals surface area contributed by atoms with Crippen LogP contribution in [-0.4, -0.2) is 48.6 Å². The predicted molar refractivity (Wildman–Crippen MR) is 110 cm³/mol. The Bertz CT molecular complexity index is 982. The minimum Gasteiger partial charge on any atom is -0.338 e. The molecule has 0 saturated carbocycles. The Morgan fingerprint density at radius 3 is 2.79 bits per heavy atom. The van der Waals surface area contributed by atoms with Gasteiger partial charge in [0.25, 0.3) is 0 Å². The topological polar surface area (TPSA) is 88.8 Å². The molecule has 1 fully saturated rings. The number of likely N-dealkylation sites (tertiary alicyclic amines) is 1. The summed E-state index contributed by atoms with van der Waals surface area (Å²) in [4.78, 5) is 27.7. The molecule has 1 atom stereocenters. The number of rotatable bonds is 5. The van der Waals surface area contributed by atoms with Crippen LogP contribution >= 0.6 is 0 Å². The lowest BCUT2D eigenvalue weighted by Crippen LogP contribution is -2.38. The van der Waals surface area contributed by atoms with Gasteiger partial charge in [-0.15, -0.1) is 0 Å². The Kier molecular flexibility index (Phi) is 5.60. The van der Waals surface area contributed by atoms with Gasteiger partial charge in [0.05, 0.1) is 23.8 Å². The van der Waals surface area contributed by atoms with Crippen molar-refractivity contribution >= 4 is 23.6 Å². The number of carbonyl (C=O) groups is 1. The smallest absolute Gasteiger partial charge is 0.246 e. The van der Waals surface area contributed by atoms with E-state index in [0.29, 0.717) is 12.4 Å². The molecule has 1 aliphatic heterocycles. The first-order valence-corrected chi connectivity index (χ1v) is 9.64. The largest absolute Gasteiger partial charge is 0.338 e. The van der Waals surface area contributed by atoms with Crippen LogP contribution in [0.3, 0.4) is 0 Å². The number of anilines is 2. The summed E-state index contributed by atoms with van der Waals surface area (Å²) in [7, 11) is 1.85. The average molecular weight is 389 g/mol. The number of nitrogens with one attached hydrogen (secondary N) is 1. The molecule has 0 aromatic carbocycles. The predicted octanol–water partition coefficient (Wildman–Crippen LogP) is 2.77. The van der Waals surface area contributed by atoms with Crippen molar-refractivity contribution in [3.05, 3.63) is 66.5 Å². The third-order valence-corrected chi connectivity index (χ3v) is 5.00. The van der Waals surface area contributed by atoms with Gasteiger partial charge in [-0.05, 0) is 37.1 Å². The number of carbonyl (C=O) groups excluding carboxylic acids is 1. The number of amides is 1. The van der Waals surface area contributed by atoms with Gasteiger partial charge in [-0.1, -0.05) is 6.07 Å². The fourth-order valence-electron chi connectivity index (χ4n) is 3.41. The SMILES string of the molecule is Cn1nccc1/C=C/C(=O)N1CCC[C@H](c2cnc(Nc3ccccn3)cn2)C1. The molecule has 8 heteroatoms. The number of piperidine rings is 1. The molecule has 1 amide bonds. The molecule has 1 N–H and O–H groups in total. The molecule has 4 heterocycles. The van der Waals surface area contributed by atoms with Gasteiger partial charge in [-0.25, -0.2) is 9.97 Å². The van der Waals surface area contributed by atoms with Gasteiger partial charge in [0, 0.05) is 44.5 Å². The van der Waals surface area contributed by atoms with Gasteiger partial charge in [0.2, 0.25) is 5.91 Å². The van der Waals surface area contributed by atoms with Crippen molar-refractivity contribution in [2.45, 2.75) is 18.8 Å². The van der Waals surface area contributed by atoms with Gasteiger partial charge in [0.1, 0.15) is 11.6 Å². The second-order valence-corrected chi connectivity index (χ2v) is 7.00. The highest BCUT2D eigenvalue weighted by Crippen LogP contribution is 2.26. The Labute approximate surface area is 169 Å². The molecule has 0 unspecified atom stereocenters. The molecule has 0 aliphatic carbocycles. The third kappa shape index (κ3) is 4.66. The highest BCUT2D eigenvalue weighted by Gasteiger charge is 2.24. The van der Waals surface area contributed by atoms with Gasteiger partial charge in [-0.3, -0.25) is 14.5 Å². The van der Waals surface area contributed by atoms with E-state index in [1.54, 1.807) is 41.6 Å². The van der Waals surface area contributed by atoms with E-state index in [1.165, 1.54) is 0 Å². The quantitative estimate of drug-likeness (QED) is 0.675. The molecule has 0 radical (unpaired) electrons. The number of hydrogen-bond acceptors (Lipinski definition) is 6. The second-order valence-electron chi connectivity index (χ2n) is 7.00. The first-order valence-electron chi connectivity index (χ1n) is 9.64. The summed E-state index contributed by atoms with van der Waals surface area (Å²) in [5, 5.41) is 7.24. The van der Waals surface area contributed by atoms with Crippen molar-refractivity contribution in [1.29, 1.82) is 0 Å². The monoisotopic (exact) mass is 389 g/mol. The van der Waals surface area contributed by atoms with E-state index in [0.717, 1.165) is 36.6 Å². The van der Waals surface area contributed by atoms with Crippen molar-refractivity contribution in [3.63, 3.8) is 0 Å². The van der Waals surface area contributed by atoms with Crippen LogP contribution in [0, 0.1) is 0 Å². The lowest BCUT2D eigenvalue weighted by atomic mass is 9.95. The zero-order valence-electron chi connectivity index (χ0n) is 16.3. The first-order chi connectivity index (χ1) is 14.2. The number of hydrogen-bond donors (Lipinski definition) is 1. The highest BCUT2D eigenvalue weighted by atomic mass is 16.2. The summed E-state index contributed by atoms with van der Waals surface area (Å²) in [5.74, 6) is 1.58. The minimum absolute atomic E-state index is 0.0114. The Morgan fingerprint density at radius 2 is 2.07 bits per heavy atom. The van der Waals surface area contributed by atoms with E-state index in [9.17, 15) is 4.79 Å². The normalized spacial score (nSPS) is 16.9. The van der Waals surface area contributed by atoms with E-state index in [-0.39, 0.29) is 11.8 Å². The molecular formula is C21H23N7O. The second kappa shape index (κ2) is 8.64. The summed E-state index contributed by atoms with van der Waals surface area (Å²) in [6.07, 6.45) is 12.3. The molecule has 3 aromatic heterocycles. The molecule has 4 rings (SSSR count). The van der Waals surface area contributed by atoms with Crippen molar-refractivity contribution in [1.82, 2.24) is 29.6 Å². The standard InChI is InChI=1S/C21H23N7O/c1-27-17(9-11-25-27)7-8-21(29)28-12-4-5-16(15-28)18-13-24-20(14-23-18)26-19-6-2-3-10-22-19/h2-3,6-11,13-14,16H,4-5,12,15H2,1H3,(H,22,24,26)/b8-7+/t16-/m0/s1. The summed E-state index contributed by atoms with van der Waals surface area (Å²) in [6.45, 7) is 1.41. The maximum atomic E-state index is 12.6. The van der Waals surface area contributed by atoms with E-state index in [1.807, 2.05) is 36.2 Å². The Morgan fingerprint density at radius 1 is 1.14 bits per heavy atom. The van der Waals surface area contributed by atoms with E-state index in [2.05, 4.69) is 25.4 Å². The zero-order chi connectivity index (χ0) is 20.1. The van der Waals surface area contributed by atoms with Crippen LogP contribution in [0.15, 0.2) is 55.1 Å². The van der Waals surface area contributed by atoms with Crippen LogP contribution in [0.5, 0.6) is 0 Å². The maximum Gasteiger partial charge on any atom is 0.246 e. The van der Waals surface area contributed by atoms with E-state index >= 15 is 0 Å². The Hall–Kier alpha value is -3.55. The van der Waals surface area contributed by atoms with Crippen molar-refractivity contribution in [2.75, 3.05) is 18.4 Å². The minimum atomic E-state index is 0.0114. The van der Waals surface area contributed by atoms with Crippen LogP contribution in [-0.2, 0) is 11.8 Å². The van der Waals surface area contributed by atoms with Crippen LogP contribution < -0.4 is 5.32 Å². The van der Waals surface area contributed by atoms with Crippen LogP contribution in [0.1, 0.15) is 30.1 Å². The van der Waals surface area contributed by atoms with Crippen molar-refractivity contribution < 1.29 is 4.79 Å². The van der Waals surface area contributed by atoms with Crippen molar-refractivity contribution in [3.8, 4) is 0 Å². The molecule has 0 bridgehead atoms. The van der Waals surface area contributed by atoms with Crippen molar-refractivity contribution in [2.24, 2.45) is 7.05 Å². The summed E-state index contributed by atoms with van der Waals surface area (Å²) >= 11 is 0. The number of aromatic nitrogens is 5. The van der Waals surface area contributed by atoms with Gasteiger partial charge >= 0.3 is 0 Å². The van der Waals surface area contributed by atoms with Gasteiger partial charge < -0.3 is 10.2 Å². The molecule has 148 valence electrons. The van der Waals surface area contributed by atoms with E-state index in [4.69, 9.17) is 0 Å². The molecule has 3 aromatic rings. The summed E-state index contributed by atoms with van der Waals surface area (Å²) in [6, 6.07) is 7.52. The number of pyridine rings is 1. The van der Waals surface area contributed by atoms with Crippen LogP contribution in [0.4, 0.5) is 11.6 Å². The molecule has 8 nitrogen and oxygen atoms in total. The molecule has 29 heavy (non-hydrogen) atoms. The fourth-order valence-corrected chi connectivity index (χ4v) is 3.41. The lowest BCUT2D eigenvalue weighted by molar-refractivity contribution is -0.127. The number of aryl methyl sites for hydroxylation is 1. The summed E-state index contributed by atoms with van der Waals surface area (Å²) < 4.78 is 1.74. The molecule has 0 spiro atoms. The zero-order valence-corrected chi connectivity index (χ0v) is 16.3. The van der Waals surface area contributed by atoms with Crippen LogP contribution in [0.25, 0.3) is 6.08 Å². The molecular weight excluding hydrogens is 366 g/mol. The Balaban J connectivity index is 1.38.